The molecule has 6 N–H and O–H groups in total. The Morgan fingerprint density at radius 2 is 1.26 bits per heavy atom. The van der Waals surface area contributed by atoms with Crippen LogP contribution in [0.2, 0.25) is 0 Å². The Bertz CT molecular complexity index is 1400. The minimum absolute atomic E-state index is 0.0470. The van der Waals surface area contributed by atoms with Gasteiger partial charge in [-0.05, 0) is 51.3 Å². The molecule has 0 amide bonds. The molecule has 3 saturated heterocycles. The Balaban J connectivity index is 1.70. The van der Waals surface area contributed by atoms with Gasteiger partial charge in [0.15, 0.2) is 25.0 Å². The highest BCUT2D eigenvalue weighted by Crippen LogP contribution is 2.34. The fraction of sp³-hybridized carbons (Fsp3) is 0.763. The van der Waals surface area contributed by atoms with Gasteiger partial charge >= 0.3 is 11.9 Å². The van der Waals surface area contributed by atoms with Crippen molar-refractivity contribution in [2.75, 3.05) is 27.4 Å². The Hall–Kier alpha value is -2.89. The van der Waals surface area contributed by atoms with Gasteiger partial charge in [-0.15, -0.1) is 0 Å². The van der Waals surface area contributed by atoms with Crippen molar-refractivity contribution < 1.29 is 92.4 Å². The lowest BCUT2D eigenvalue weighted by atomic mass is 9.96. The van der Waals surface area contributed by atoms with Crippen LogP contribution in [0.1, 0.15) is 64.9 Å². The summed E-state index contributed by atoms with van der Waals surface area (Å²) < 4.78 is 58.6. The summed E-state index contributed by atoms with van der Waals surface area (Å²) >= 11 is 0. The highest BCUT2D eigenvalue weighted by molar-refractivity contribution is 5.81. The molecule has 19 heteroatoms. The molecule has 3 heterocycles. The summed E-state index contributed by atoms with van der Waals surface area (Å²) in [6, 6.07) is 6.89. The standard InChI is InChI=1S/C38H58O19/c1-19(39)10-15-26(41)56-33-24(18-52-36-31(46)29(44)27(42)20(2)53-36)55-38(50-16-8-6-7-9-25(40)49-5)35(57-37-32(47)30(45)28(43)21(3)54-37)34(33)51-17-22-11-13-23(48-4)14-12-22/h11-14,20-21,24,27-38,42-47H,6-10,15-18H2,1-5H3/t20-,21-,24+,27+,28+,29+,30+,31-,32-,33-,34-,35+,36+,37-,38+/m0/s1. The number of hydrogen-bond acceptors (Lipinski definition) is 19. The number of carbonyl (C=O) groups is 3. The number of benzene rings is 1. The van der Waals surface area contributed by atoms with Gasteiger partial charge < -0.3 is 82.8 Å². The number of ether oxygens (including phenoxy) is 10. The van der Waals surface area contributed by atoms with Crippen molar-refractivity contribution >= 4 is 17.7 Å². The molecule has 0 spiro atoms. The number of esters is 2. The summed E-state index contributed by atoms with van der Waals surface area (Å²) in [4.78, 5) is 36.8. The smallest absolute Gasteiger partial charge is 0.306 e. The predicted octanol–water partition coefficient (Wildman–Crippen LogP) is -0.607. The van der Waals surface area contributed by atoms with Crippen molar-refractivity contribution in [1.82, 2.24) is 0 Å². The Morgan fingerprint density at radius 1 is 0.632 bits per heavy atom. The monoisotopic (exact) mass is 818 g/mol. The topological polar surface area (TPSA) is 265 Å². The van der Waals surface area contributed by atoms with Crippen LogP contribution in [0.3, 0.4) is 0 Å². The van der Waals surface area contributed by atoms with Gasteiger partial charge in [-0.25, -0.2) is 0 Å². The molecule has 19 nitrogen and oxygen atoms in total. The molecule has 4 rings (SSSR count). The molecule has 15 atom stereocenters. The second-order valence-electron chi connectivity index (χ2n) is 14.4. The SMILES string of the molecule is COC(=O)CCCCCO[C@@H]1O[C@H](CO[C@@H]2O[C@@H](C)[C@@H](O)[C@@H](O)[C@@H]2O)[C@H](OC(=O)CCC(C)=O)[C@H](OCc2ccc(OC)cc2)[C@H]1O[C@@H]1O[C@@H](C)[C@@H](O)[C@@H](O)[C@@H]1O. The lowest BCUT2D eigenvalue weighted by Crippen LogP contribution is -2.65. The zero-order valence-electron chi connectivity index (χ0n) is 32.8. The van der Waals surface area contributed by atoms with E-state index in [1.807, 2.05) is 0 Å². The van der Waals surface area contributed by atoms with Crippen LogP contribution in [0.15, 0.2) is 24.3 Å². The summed E-state index contributed by atoms with van der Waals surface area (Å²) in [6.07, 6.45) is -20.0. The number of rotatable bonds is 20. The third-order valence-corrected chi connectivity index (χ3v) is 10.0. The van der Waals surface area contributed by atoms with Gasteiger partial charge in [0.1, 0.15) is 66.5 Å². The van der Waals surface area contributed by atoms with Crippen LogP contribution in [0, 0.1) is 0 Å². The normalized spacial score (nSPS) is 35.7. The van der Waals surface area contributed by atoms with Crippen LogP contribution >= 0.6 is 0 Å². The Kier molecular flexibility index (Phi) is 18.4. The van der Waals surface area contributed by atoms with Crippen LogP contribution < -0.4 is 4.74 Å². The average molecular weight is 819 g/mol. The third-order valence-electron chi connectivity index (χ3n) is 10.0. The zero-order chi connectivity index (χ0) is 41.8. The fourth-order valence-corrected chi connectivity index (χ4v) is 6.50. The van der Waals surface area contributed by atoms with Crippen molar-refractivity contribution in [2.45, 2.75) is 158 Å². The van der Waals surface area contributed by atoms with E-state index in [0.717, 1.165) is 0 Å². The van der Waals surface area contributed by atoms with Crippen LogP contribution in [0.25, 0.3) is 0 Å². The van der Waals surface area contributed by atoms with Gasteiger partial charge in [-0.2, -0.15) is 0 Å². The molecule has 0 saturated carbocycles. The molecule has 1 aromatic rings. The first-order valence-electron chi connectivity index (χ1n) is 19.1. The van der Waals surface area contributed by atoms with Crippen molar-refractivity contribution in [2.24, 2.45) is 0 Å². The number of hydrogen-bond donors (Lipinski definition) is 6. The van der Waals surface area contributed by atoms with Crippen molar-refractivity contribution in [3.8, 4) is 5.75 Å². The number of aliphatic hydroxyl groups is 6. The molecule has 0 aliphatic carbocycles. The summed E-state index contributed by atoms with van der Waals surface area (Å²) in [7, 11) is 2.81. The van der Waals surface area contributed by atoms with E-state index in [1.165, 1.54) is 35.0 Å². The van der Waals surface area contributed by atoms with E-state index in [2.05, 4.69) is 0 Å². The Labute approximate surface area is 330 Å². The van der Waals surface area contributed by atoms with E-state index in [9.17, 15) is 45.0 Å². The highest BCUT2D eigenvalue weighted by Gasteiger charge is 2.54. The minimum Gasteiger partial charge on any atom is -0.497 e. The summed E-state index contributed by atoms with van der Waals surface area (Å²) in [6.45, 7) is 3.73. The van der Waals surface area contributed by atoms with Crippen LogP contribution in [0.4, 0.5) is 0 Å². The van der Waals surface area contributed by atoms with E-state index in [-0.39, 0.29) is 44.2 Å². The summed E-state index contributed by atoms with van der Waals surface area (Å²) in [5.41, 5.74) is 0.653. The summed E-state index contributed by atoms with van der Waals surface area (Å²) in [5, 5.41) is 63.3. The van der Waals surface area contributed by atoms with Gasteiger partial charge in [0.05, 0.1) is 46.1 Å². The fourth-order valence-electron chi connectivity index (χ4n) is 6.50. The average Bonchev–Trinajstić information content (AvgIpc) is 3.20. The molecular formula is C38H58O19. The number of methoxy groups -OCH3 is 2. The van der Waals surface area contributed by atoms with E-state index >= 15 is 0 Å². The van der Waals surface area contributed by atoms with Crippen molar-refractivity contribution in [3.05, 3.63) is 29.8 Å². The molecule has 3 aliphatic rings. The molecule has 0 radical (unpaired) electrons. The number of Topliss-reactive ketones (excluding diaryl/α,β-unsaturated/α-hetero) is 1. The van der Waals surface area contributed by atoms with Crippen molar-refractivity contribution in [1.29, 1.82) is 0 Å². The lowest BCUT2D eigenvalue weighted by molar-refractivity contribution is -0.374. The molecule has 324 valence electrons. The van der Waals surface area contributed by atoms with E-state index in [1.54, 1.807) is 24.3 Å². The second kappa shape index (κ2) is 22.5. The van der Waals surface area contributed by atoms with Gasteiger partial charge in [-0.3, -0.25) is 9.59 Å². The lowest BCUT2D eigenvalue weighted by Gasteiger charge is -2.48. The molecule has 0 bridgehead atoms. The van der Waals surface area contributed by atoms with Crippen LogP contribution in [-0.4, -0.2) is 168 Å². The molecule has 0 aromatic heterocycles. The molecule has 0 unspecified atom stereocenters. The number of unbranched alkanes of at least 4 members (excludes halogenated alkanes) is 2. The number of aliphatic hydroxyl groups excluding tert-OH is 6. The van der Waals surface area contributed by atoms with Gasteiger partial charge in [0.25, 0.3) is 0 Å². The molecule has 57 heavy (non-hydrogen) atoms. The third kappa shape index (κ3) is 13.0. The minimum atomic E-state index is -1.76. The summed E-state index contributed by atoms with van der Waals surface area (Å²) in [5.74, 6) is -0.859. The number of carbonyl (C=O) groups excluding carboxylic acids is 3. The Morgan fingerprint density at radius 3 is 1.88 bits per heavy atom. The van der Waals surface area contributed by atoms with Gasteiger partial charge in [-0.1, -0.05) is 18.6 Å². The maximum Gasteiger partial charge on any atom is 0.306 e. The van der Waals surface area contributed by atoms with E-state index < -0.39 is 105 Å². The first-order valence-corrected chi connectivity index (χ1v) is 19.1. The quantitative estimate of drug-likeness (QED) is 0.0708. The maximum absolute atomic E-state index is 13.3. The van der Waals surface area contributed by atoms with Crippen LogP contribution in [0.5, 0.6) is 5.75 Å². The zero-order valence-corrected chi connectivity index (χ0v) is 32.8. The molecule has 3 aliphatic heterocycles. The van der Waals surface area contributed by atoms with E-state index in [4.69, 9.17) is 47.4 Å². The van der Waals surface area contributed by atoms with Gasteiger partial charge in [0, 0.05) is 19.4 Å². The first-order chi connectivity index (χ1) is 27.1. The van der Waals surface area contributed by atoms with E-state index in [0.29, 0.717) is 30.6 Å². The number of ketones is 1. The largest absolute Gasteiger partial charge is 0.497 e. The first kappa shape index (κ1) is 46.8. The highest BCUT2D eigenvalue weighted by atomic mass is 16.8. The van der Waals surface area contributed by atoms with Gasteiger partial charge in [0.2, 0.25) is 0 Å². The van der Waals surface area contributed by atoms with Crippen LogP contribution in [-0.2, 0) is 63.6 Å². The maximum atomic E-state index is 13.3. The van der Waals surface area contributed by atoms with Crippen molar-refractivity contribution in [3.63, 3.8) is 0 Å². The molecular weight excluding hydrogens is 760 g/mol. The molecule has 3 fully saturated rings. The predicted molar refractivity (Wildman–Crippen MR) is 192 cm³/mol. The second-order valence-corrected chi connectivity index (χ2v) is 14.4. The molecule has 1 aromatic carbocycles.